The minimum absolute atomic E-state index is 0.748. The second kappa shape index (κ2) is 5.14. The van der Waals surface area contributed by atoms with Crippen molar-refractivity contribution in [2.75, 3.05) is 20.0 Å². The molecule has 0 atom stereocenters. The molecule has 13 heavy (non-hydrogen) atoms. The highest BCUT2D eigenvalue weighted by atomic mass is 32.1. The minimum atomic E-state index is 0.748. The Morgan fingerprint density at radius 3 is 2.69 bits per heavy atom. The Morgan fingerprint density at radius 2 is 2.08 bits per heavy atom. The fourth-order valence-electron chi connectivity index (χ4n) is 1.17. The van der Waals surface area contributed by atoms with Gasteiger partial charge in [-0.15, -0.1) is 0 Å². The Kier molecular flexibility index (Phi) is 4.12. The number of nitrogens with zero attached hydrogens (tertiary/aromatic N) is 1. The molecular weight excluding hydrogens is 182 g/mol. The Balaban J connectivity index is 2.74. The molecule has 0 amide bonds. The first kappa shape index (κ1) is 10.4. The third kappa shape index (κ3) is 2.94. The monoisotopic (exact) mass is 197 g/mol. The minimum Gasteiger partial charge on any atom is -0.496 e. The van der Waals surface area contributed by atoms with Crippen molar-refractivity contribution in [3.05, 3.63) is 29.8 Å². The summed E-state index contributed by atoms with van der Waals surface area (Å²) in [7, 11) is 3.72. The molecule has 0 spiro atoms. The molecule has 0 aliphatic rings. The Bertz CT molecular complexity index is 265. The fraction of sp³-hybridized carbons (Fsp3) is 0.400. The maximum absolute atomic E-state index is 5.24. The van der Waals surface area contributed by atoms with Gasteiger partial charge in [0, 0.05) is 18.0 Å². The van der Waals surface area contributed by atoms with Crippen LogP contribution < -0.4 is 4.74 Å². The van der Waals surface area contributed by atoms with E-state index < -0.39 is 0 Å². The maximum atomic E-state index is 5.24. The van der Waals surface area contributed by atoms with Crippen LogP contribution in [0.1, 0.15) is 5.56 Å². The lowest BCUT2D eigenvalue weighted by Crippen LogP contribution is -2.15. The average molecular weight is 197 g/mol. The lowest BCUT2D eigenvalue weighted by molar-refractivity contribution is 0.363. The van der Waals surface area contributed by atoms with E-state index in [1.165, 1.54) is 5.56 Å². The van der Waals surface area contributed by atoms with E-state index in [9.17, 15) is 0 Å². The van der Waals surface area contributed by atoms with Gasteiger partial charge in [0.25, 0.3) is 0 Å². The molecule has 0 bridgehead atoms. The third-order valence-corrected chi connectivity index (χ3v) is 2.36. The highest BCUT2D eigenvalue weighted by Crippen LogP contribution is 2.18. The smallest absolute Gasteiger partial charge is 0.123 e. The summed E-state index contributed by atoms with van der Waals surface area (Å²) in [5.41, 5.74) is 1.20. The van der Waals surface area contributed by atoms with Crippen LogP contribution in [0.2, 0.25) is 0 Å². The van der Waals surface area contributed by atoms with Gasteiger partial charge in [0.15, 0.2) is 0 Å². The number of thiol groups is 1. The largest absolute Gasteiger partial charge is 0.496 e. The number of methoxy groups -OCH3 is 1. The van der Waals surface area contributed by atoms with Crippen molar-refractivity contribution in [3.8, 4) is 5.75 Å². The van der Waals surface area contributed by atoms with Gasteiger partial charge in [-0.25, -0.2) is 0 Å². The van der Waals surface area contributed by atoms with Crippen molar-refractivity contribution in [2.24, 2.45) is 0 Å². The van der Waals surface area contributed by atoms with Crippen LogP contribution in [-0.2, 0) is 6.54 Å². The normalized spacial score (nSPS) is 10.5. The highest BCUT2D eigenvalue weighted by Gasteiger charge is 2.03. The van der Waals surface area contributed by atoms with Crippen LogP contribution in [0.4, 0.5) is 0 Å². The zero-order valence-corrected chi connectivity index (χ0v) is 8.92. The summed E-state index contributed by atoms with van der Waals surface area (Å²) >= 11 is 4.19. The number of hydrogen-bond acceptors (Lipinski definition) is 3. The highest BCUT2D eigenvalue weighted by molar-refractivity contribution is 7.80. The van der Waals surface area contributed by atoms with Crippen molar-refractivity contribution < 1.29 is 4.74 Å². The van der Waals surface area contributed by atoms with Crippen LogP contribution >= 0.6 is 12.6 Å². The van der Waals surface area contributed by atoms with E-state index in [4.69, 9.17) is 4.74 Å². The van der Waals surface area contributed by atoms with Gasteiger partial charge < -0.3 is 4.74 Å². The topological polar surface area (TPSA) is 12.5 Å². The molecular formula is C10H15NOS. The van der Waals surface area contributed by atoms with E-state index in [0.717, 1.165) is 18.2 Å². The molecule has 0 saturated heterocycles. The molecule has 0 radical (unpaired) electrons. The molecule has 3 heteroatoms. The van der Waals surface area contributed by atoms with Crippen molar-refractivity contribution >= 4 is 12.6 Å². The fourth-order valence-corrected chi connectivity index (χ4v) is 1.27. The summed E-state index contributed by atoms with van der Waals surface area (Å²) in [5, 5.41) is 0. The summed E-state index contributed by atoms with van der Waals surface area (Å²) < 4.78 is 5.24. The molecule has 0 aromatic heterocycles. The molecule has 0 fully saturated rings. The summed E-state index contributed by atoms with van der Waals surface area (Å²) in [6, 6.07) is 8.04. The molecule has 0 aliphatic carbocycles. The predicted octanol–water partition coefficient (Wildman–Crippen LogP) is 2.01. The first-order valence-electron chi connectivity index (χ1n) is 4.19. The van der Waals surface area contributed by atoms with Gasteiger partial charge >= 0.3 is 0 Å². The van der Waals surface area contributed by atoms with Crippen molar-refractivity contribution in [1.82, 2.24) is 4.90 Å². The van der Waals surface area contributed by atoms with Gasteiger partial charge in [0.05, 0.1) is 7.11 Å². The van der Waals surface area contributed by atoms with Crippen LogP contribution in [-0.4, -0.2) is 24.9 Å². The van der Waals surface area contributed by atoms with Gasteiger partial charge in [0.1, 0.15) is 5.75 Å². The number of ether oxygens (including phenoxy) is 1. The molecule has 0 aliphatic heterocycles. The van der Waals surface area contributed by atoms with E-state index >= 15 is 0 Å². The van der Waals surface area contributed by atoms with Crippen LogP contribution in [0.3, 0.4) is 0 Å². The van der Waals surface area contributed by atoms with Crippen LogP contribution in [0, 0.1) is 0 Å². The van der Waals surface area contributed by atoms with Crippen molar-refractivity contribution in [1.29, 1.82) is 0 Å². The molecule has 72 valence electrons. The SMILES string of the molecule is COc1ccccc1CN(C)CS. The molecule has 1 aromatic carbocycles. The molecule has 1 aromatic rings. The van der Waals surface area contributed by atoms with E-state index in [2.05, 4.69) is 23.6 Å². The van der Waals surface area contributed by atoms with E-state index in [1.807, 2.05) is 25.2 Å². The molecule has 0 N–H and O–H groups in total. The molecule has 2 nitrogen and oxygen atoms in total. The number of hydrogen-bond donors (Lipinski definition) is 1. The predicted molar refractivity (Wildman–Crippen MR) is 58.3 cm³/mol. The maximum Gasteiger partial charge on any atom is 0.123 e. The molecule has 0 unspecified atom stereocenters. The van der Waals surface area contributed by atoms with Crippen LogP contribution in [0.15, 0.2) is 24.3 Å². The average Bonchev–Trinajstić information content (AvgIpc) is 2.18. The van der Waals surface area contributed by atoms with Crippen LogP contribution in [0.25, 0.3) is 0 Å². The summed E-state index contributed by atoms with van der Waals surface area (Å²) in [6.45, 7) is 0.869. The quantitative estimate of drug-likeness (QED) is 0.585. The van der Waals surface area contributed by atoms with Gasteiger partial charge in [-0.05, 0) is 13.1 Å². The number of benzene rings is 1. The first-order valence-corrected chi connectivity index (χ1v) is 4.82. The van der Waals surface area contributed by atoms with Crippen molar-refractivity contribution in [2.45, 2.75) is 6.54 Å². The summed E-state index contributed by atoms with van der Waals surface area (Å²) in [5.74, 6) is 1.69. The third-order valence-electron chi connectivity index (χ3n) is 1.87. The van der Waals surface area contributed by atoms with Crippen molar-refractivity contribution in [3.63, 3.8) is 0 Å². The molecule has 0 saturated carbocycles. The lowest BCUT2D eigenvalue weighted by atomic mass is 10.2. The second-order valence-corrected chi connectivity index (χ2v) is 3.25. The zero-order chi connectivity index (χ0) is 9.68. The van der Waals surface area contributed by atoms with Gasteiger partial charge in [-0.2, -0.15) is 12.6 Å². The second-order valence-electron chi connectivity index (χ2n) is 2.97. The first-order chi connectivity index (χ1) is 6.27. The van der Waals surface area contributed by atoms with Gasteiger partial charge in [-0.3, -0.25) is 4.90 Å². The van der Waals surface area contributed by atoms with E-state index in [-0.39, 0.29) is 0 Å². The Labute approximate surface area is 84.9 Å². The van der Waals surface area contributed by atoms with E-state index in [0.29, 0.717) is 0 Å². The molecule has 0 heterocycles. The lowest BCUT2D eigenvalue weighted by Gasteiger charge is -2.15. The number of rotatable bonds is 4. The standard InChI is InChI=1S/C10H15NOS/c1-11(8-13)7-9-5-3-4-6-10(9)12-2/h3-6,13H,7-8H2,1-2H3. The number of para-hydroxylation sites is 1. The van der Waals surface area contributed by atoms with Gasteiger partial charge in [0.2, 0.25) is 0 Å². The zero-order valence-electron chi connectivity index (χ0n) is 8.03. The summed E-state index contributed by atoms with van der Waals surface area (Å²) in [4.78, 5) is 2.11. The Hall–Kier alpha value is -0.670. The molecule has 1 rings (SSSR count). The van der Waals surface area contributed by atoms with E-state index in [1.54, 1.807) is 7.11 Å². The Morgan fingerprint density at radius 1 is 1.38 bits per heavy atom. The van der Waals surface area contributed by atoms with Crippen LogP contribution in [0.5, 0.6) is 5.75 Å². The summed E-state index contributed by atoms with van der Waals surface area (Å²) in [6.07, 6.45) is 0. The van der Waals surface area contributed by atoms with Gasteiger partial charge in [-0.1, -0.05) is 18.2 Å².